The maximum absolute atomic E-state index is 12.3. The number of nitrogens with two attached hydrogens (primary N) is 1. The van der Waals surface area contributed by atoms with Gasteiger partial charge >= 0.3 is 0 Å². The Morgan fingerprint density at radius 1 is 1.47 bits per heavy atom. The highest BCUT2D eigenvalue weighted by Crippen LogP contribution is 2.39. The highest BCUT2D eigenvalue weighted by molar-refractivity contribution is 5.83. The van der Waals surface area contributed by atoms with E-state index in [1.165, 1.54) is 12.8 Å². The van der Waals surface area contributed by atoms with Gasteiger partial charge in [-0.15, -0.1) is 0 Å². The standard InChI is InChI=1S/C12H22N2O/c1-12(7-3-4-10(12)13)11(15)14(2)8-9-5-6-9/h9-10H,3-8,13H2,1-2H3. The van der Waals surface area contributed by atoms with Crippen molar-refractivity contribution in [2.75, 3.05) is 13.6 Å². The van der Waals surface area contributed by atoms with E-state index in [2.05, 4.69) is 0 Å². The lowest BCUT2D eigenvalue weighted by Gasteiger charge is -2.32. The third-order valence-corrected chi connectivity index (χ3v) is 4.09. The molecule has 0 aromatic rings. The second-order valence-electron chi connectivity index (χ2n) is 5.55. The van der Waals surface area contributed by atoms with E-state index in [0.29, 0.717) is 0 Å². The van der Waals surface area contributed by atoms with Crippen LogP contribution < -0.4 is 5.73 Å². The maximum atomic E-state index is 12.3. The van der Waals surface area contributed by atoms with Crippen LogP contribution in [-0.2, 0) is 4.79 Å². The summed E-state index contributed by atoms with van der Waals surface area (Å²) in [5, 5.41) is 0. The van der Waals surface area contributed by atoms with Gasteiger partial charge in [0, 0.05) is 19.6 Å². The Balaban J connectivity index is 1.98. The number of carbonyl (C=O) groups excluding carboxylic acids is 1. The summed E-state index contributed by atoms with van der Waals surface area (Å²) in [5.74, 6) is 1.03. The Morgan fingerprint density at radius 3 is 2.60 bits per heavy atom. The second-order valence-corrected chi connectivity index (χ2v) is 5.55. The molecule has 3 heteroatoms. The van der Waals surface area contributed by atoms with Gasteiger partial charge in [0.15, 0.2) is 0 Å². The summed E-state index contributed by atoms with van der Waals surface area (Å²) >= 11 is 0. The molecule has 0 bridgehead atoms. The summed E-state index contributed by atoms with van der Waals surface area (Å²) < 4.78 is 0. The molecular weight excluding hydrogens is 188 g/mol. The molecule has 2 N–H and O–H groups in total. The lowest BCUT2D eigenvalue weighted by atomic mass is 9.83. The van der Waals surface area contributed by atoms with Crippen LogP contribution in [-0.4, -0.2) is 30.4 Å². The lowest BCUT2D eigenvalue weighted by Crippen LogP contribution is -2.48. The monoisotopic (exact) mass is 210 g/mol. The third kappa shape index (κ3) is 2.03. The quantitative estimate of drug-likeness (QED) is 0.764. The van der Waals surface area contributed by atoms with Crippen molar-refractivity contribution in [2.24, 2.45) is 17.1 Å². The molecule has 0 spiro atoms. The second kappa shape index (κ2) is 3.78. The summed E-state index contributed by atoms with van der Waals surface area (Å²) in [6.07, 6.45) is 5.64. The van der Waals surface area contributed by atoms with Crippen molar-refractivity contribution in [1.82, 2.24) is 4.90 Å². The average Bonchev–Trinajstić information content (AvgIpc) is 2.93. The molecule has 2 saturated carbocycles. The van der Waals surface area contributed by atoms with Gasteiger partial charge in [0.2, 0.25) is 5.91 Å². The van der Waals surface area contributed by atoms with Crippen molar-refractivity contribution < 1.29 is 4.79 Å². The van der Waals surface area contributed by atoms with Gasteiger partial charge in [-0.25, -0.2) is 0 Å². The molecule has 0 radical (unpaired) electrons. The molecule has 1 amide bonds. The number of rotatable bonds is 3. The van der Waals surface area contributed by atoms with Crippen LogP contribution in [0.15, 0.2) is 0 Å². The van der Waals surface area contributed by atoms with Gasteiger partial charge in [-0.1, -0.05) is 6.42 Å². The van der Waals surface area contributed by atoms with E-state index in [1.54, 1.807) is 0 Å². The first-order valence-electron chi connectivity index (χ1n) is 6.05. The third-order valence-electron chi connectivity index (χ3n) is 4.09. The molecule has 2 atom stereocenters. The van der Waals surface area contributed by atoms with E-state index in [0.717, 1.165) is 31.7 Å². The van der Waals surface area contributed by atoms with E-state index in [1.807, 2.05) is 18.9 Å². The fourth-order valence-corrected chi connectivity index (χ4v) is 2.67. The zero-order chi connectivity index (χ0) is 11.1. The van der Waals surface area contributed by atoms with Gasteiger partial charge < -0.3 is 10.6 Å². The number of hydrogen-bond acceptors (Lipinski definition) is 2. The fourth-order valence-electron chi connectivity index (χ4n) is 2.67. The number of amides is 1. The SMILES string of the molecule is CN(CC1CC1)C(=O)C1(C)CCCC1N. The largest absolute Gasteiger partial charge is 0.345 e. The van der Waals surface area contributed by atoms with Crippen LogP contribution in [0.5, 0.6) is 0 Å². The first-order chi connectivity index (χ1) is 7.04. The Morgan fingerprint density at radius 2 is 2.13 bits per heavy atom. The number of hydrogen-bond donors (Lipinski definition) is 1. The highest BCUT2D eigenvalue weighted by Gasteiger charge is 2.44. The van der Waals surface area contributed by atoms with Crippen molar-refractivity contribution >= 4 is 5.91 Å². The minimum atomic E-state index is -0.288. The molecule has 15 heavy (non-hydrogen) atoms. The minimum Gasteiger partial charge on any atom is -0.345 e. The Bertz CT molecular complexity index is 262. The molecule has 2 rings (SSSR count). The van der Waals surface area contributed by atoms with Gasteiger partial charge in [-0.05, 0) is 38.5 Å². The van der Waals surface area contributed by atoms with Crippen molar-refractivity contribution in [3.63, 3.8) is 0 Å². The van der Waals surface area contributed by atoms with Gasteiger partial charge in [-0.2, -0.15) is 0 Å². The van der Waals surface area contributed by atoms with Crippen LogP contribution in [0, 0.1) is 11.3 Å². The smallest absolute Gasteiger partial charge is 0.229 e. The van der Waals surface area contributed by atoms with Gasteiger partial charge in [0.25, 0.3) is 0 Å². The minimum absolute atomic E-state index is 0.0617. The van der Waals surface area contributed by atoms with E-state index in [-0.39, 0.29) is 17.4 Å². The molecule has 2 aliphatic rings. The first kappa shape index (κ1) is 10.9. The van der Waals surface area contributed by atoms with Gasteiger partial charge in [0.05, 0.1) is 5.41 Å². The lowest BCUT2D eigenvalue weighted by molar-refractivity contribution is -0.140. The highest BCUT2D eigenvalue weighted by atomic mass is 16.2. The molecule has 3 nitrogen and oxygen atoms in total. The summed E-state index contributed by atoms with van der Waals surface area (Å²) in [5.41, 5.74) is 5.76. The predicted octanol–water partition coefficient (Wildman–Crippen LogP) is 1.37. The van der Waals surface area contributed by atoms with Crippen LogP contribution in [0.3, 0.4) is 0 Å². The van der Waals surface area contributed by atoms with Crippen LogP contribution in [0.25, 0.3) is 0 Å². The van der Waals surface area contributed by atoms with Gasteiger partial charge in [-0.3, -0.25) is 4.79 Å². The van der Waals surface area contributed by atoms with Crippen molar-refractivity contribution in [3.05, 3.63) is 0 Å². The van der Waals surface area contributed by atoms with Crippen LogP contribution in [0.1, 0.15) is 39.0 Å². The molecule has 2 unspecified atom stereocenters. The molecule has 0 saturated heterocycles. The number of carbonyl (C=O) groups is 1. The summed E-state index contributed by atoms with van der Waals surface area (Å²) in [7, 11) is 1.93. The normalized spacial score (nSPS) is 35.5. The van der Waals surface area contributed by atoms with Crippen molar-refractivity contribution in [1.29, 1.82) is 0 Å². The molecule has 2 aliphatic carbocycles. The Hall–Kier alpha value is -0.570. The molecule has 0 aromatic heterocycles. The summed E-state index contributed by atoms with van der Waals surface area (Å²) in [4.78, 5) is 14.2. The maximum Gasteiger partial charge on any atom is 0.229 e. The zero-order valence-electron chi connectivity index (χ0n) is 9.83. The Kier molecular flexibility index (Phi) is 2.75. The van der Waals surface area contributed by atoms with Gasteiger partial charge in [0.1, 0.15) is 0 Å². The molecule has 0 aliphatic heterocycles. The first-order valence-corrected chi connectivity index (χ1v) is 6.05. The molecule has 0 aromatic carbocycles. The average molecular weight is 210 g/mol. The van der Waals surface area contributed by atoms with E-state index in [4.69, 9.17) is 5.73 Å². The molecule has 86 valence electrons. The van der Waals surface area contributed by atoms with Crippen LogP contribution >= 0.6 is 0 Å². The van der Waals surface area contributed by atoms with E-state index >= 15 is 0 Å². The van der Waals surface area contributed by atoms with Crippen molar-refractivity contribution in [3.8, 4) is 0 Å². The predicted molar refractivity (Wildman–Crippen MR) is 60.3 cm³/mol. The topological polar surface area (TPSA) is 46.3 Å². The molecule has 2 fully saturated rings. The van der Waals surface area contributed by atoms with Crippen molar-refractivity contribution in [2.45, 2.75) is 45.1 Å². The Labute approximate surface area is 92.0 Å². The number of nitrogens with zero attached hydrogens (tertiary/aromatic N) is 1. The summed E-state index contributed by atoms with van der Waals surface area (Å²) in [6, 6.07) is 0.0617. The fraction of sp³-hybridized carbons (Fsp3) is 0.917. The zero-order valence-corrected chi connectivity index (χ0v) is 9.83. The molecule has 0 heterocycles. The van der Waals surface area contributed by atoms with Crippen LogP contribution in [0.4, 0.5) is 0 Å². The van der Waals surface area contributed by atoms with E-state index in [9.17, 15) is 4.79 Å². The molecular formula is C12H22N2O. The van der Waals surface area contributed by atoms with E-state index < -0.39 is 0 Å². The van der Waals surface area contributed by atoms with Crippen LogP contribution in [0.2, 0.25) is 0 Å². The summed E-state index contributed by atoms with van der Waals surface area (Å²) in [6.45, 7) is 2.97.